The van der Waals surface area contributed by atoms with Crippen LogP contribution in [0.5, 0.6) is 0 Å². The average Bonchev–Trinajstić information content (AvgIpc) is 3.92. The minimum absolute atomic E-state index is 0.0223. The molecule has 0 aliphatic carbocycles. The summed E-state index contributed by atoms with van der Waals surface area (Å²) in [4.78, 5) is 73.5. The van der Waals surface area contributed by atoms with Gasteiger partial charge in [-0.3, -0.25) is 24.0 Å². The number of nitrogens with one attached hydrogen (secondary N) is 3. The number of amides is 3. The van der Waals surface area contributed by atoms with Crippen molar-refractivity contribution in [3.8, 4) is 0 Å². The summed E-state index contributed by atoms with van der Waals surface area (Å²) < 4.78 is 33.6. The first-order valence-corrected chi connectivity index (χ1v) is 27.1. The first-order chi connectivity index (χ1) is 34.6. The maximum absolute atomic E-state index is 12.6. The van der Waals surface area contributed by atoms with Gasteiger partial charge in [0.25, 0.3) is 5.91 Å². The van der Waals surface area contributed by atoms with Gasteiger partial charge in [-0.05, 0) is 107 Å². The molecule has 2 fully saturated rings. The van der Waals surface area contributed by atoms with Crippen LogP contribution in [0.1, 0.15) is 148 Å². The van der Waals surface area contributed by atoms with Gasteiger partial charge in [-0.2, -0.15) is 11.8 Å². The van der Waals surface area contributed by atoms with Gasteiger partial charge in [0.2, 0.25) is 0 Å². The van der Waals surface area contributed by atoms with Gasteiger partial charge in [-0.1, -0.05) is 24.6 Å². The maximum atomic E-state index is 12.6. The Morgan fingerprint density at radius 2 is 0.986 bits per heavy atom. The number of carbonyl (C=O) groups is 6. The van der Waals surface area contributed by atoms with Crippen LogP contribution in [0.2, 0.25) is 0 Å². The minimum atomic E-state index is -0.287. The molecule has 0 radical (unpaired) electrons. The smallest absolute Gasteiger partial charge is 0.315 e. The fourth-order valence-corrected chi connectivity index (χ4v) is 9.81. The number of hydrogen-bond acceptors (Lipinski definition) is 14. The Kier molecular flexibility index (Phi) is 30.6. The van der Waals surface area contributed by atoms with Crippen molar-refractivity contribution in [3.63, 3.8) is 0 Å². The van der Waals surface area contributed by atoms with Crippen LogP contribution < -0.4 is 21.7 Å². The molecule has 71 heavy (non-hydrogen) atoms. The van der Waals surface area contributed by atoms with Gasteiger partial charge in [0.15, 0.2) is 5.78 Å². The van der Waals surface area contributed by atoms with Crippen LogP contribution in [0.15, 0.2) is 42.5 Å². The molecule has 0 bridgehead atoms. The zero-order valence-corrected chi connectivity index (χ0v) is 43.1. The Balaban J connectivity index is 0.798. The number of urea groups is 1. The molecule has 0 saturated carbocycles. The molecule has 396 valence electrons. The number of hydrogen-bond donors (Lipinski definition) is 4. The number of anilines is 2. The number of unbranched alkanes of at least 4 members (excludes halogenated alkanes) is 5. The Bertz CT molecular complexity index is 1880. The van der Waals surface area contributed by atoms with Crippen molar-refractivity contribution in [1.82, 2.24) is 10.6 Å². The average molecular weight is 1010 g/mol. The predicted molar refractivity (Wildman–Crippen MR) is 277 cm³/mol. The van der Waals surface area contributed by atoms with Gasteiger partial charge in [0, 0.05) is 93.5 Å². The van der Waals surface area contributed by atoms with E-state index in [2.05, 4.69) is 16.0 Å². The molecule has 2 aliphatic rings. The highest BCUT2D eigenvalue weighted by Gasteiger charge is 2.42. The summed E-state index contributed by atoms with van der Waals surface area (Å²) in [6.45, 7) is 8.10. The molecule has 3 atom stereocenters. The minimum Gasteiger partial charge on any atom is -0.397 e. The van der Waals surface area contributed by atoms with E-state index in [-0.39, 0.29) is 41.4 Å². The second-order valence-electron chi connectivity index (χ2n) is 18.4. The number of nitrogens with two attached hydrogens (primary N) is 1. The number of ketones is 4. The third kappa shape index (κ3) is 26.3. The molecule has 2 aromatic rings. The second kappa shape index (κ2) is 36.6. The lowest BCUT2D eigenvalue weighted by molar-refractivity contribution is -0.121. The summed E-state index contributed by atoms with van der Waals surface area (Å²) in [5.74, 6) is 1.40. The Morgan fingerprint density at radius 3 is 1.48 bits per heavy atom. The van der Waals surface area contributed by atoms with E-state index in [0.29, 0.717) is 171 Å². The molecule has 17 heteroatoms. The van der Waals surface area contributed by atoms with Crippen LogP contribution in [0.3, 0.4) is 0 Å². The highest BCUT2D eigenvalue weighted by Crippen LogP contribution is 2.33. The van der Waals surface area contributed by atoms with Crippen LogP contribution in [-0.2, 0) is 42.8 Å². The summed E-state index contributed by atoms with van der Waals surface area (Å²) in [5.41, 5.74) is 9.07. The lowest BCUT2D eigenvalue weighted by Gasteiger charge is -2.16. The lowest BCUT2D eigenvalue weighted by Crippen LogP contribution is -2.36. The van der Waals surface area contributed by atoms with Gasteiger partial charge in [-0.25, -0.2) is 4.79 Å². The molecule has 5 N–H and O–H groups in total. The summed E-state index contributed by atoms with van der Waals surface area (Å²) in [5, 5.41) is 9.25. The molecule has 0 aromatic heterocycles. The van der Waals surface area contributed by atoms with Crippen molar-refractivity contribution in [1.29, 1.82) is 0 Å². The van der Waals surface area contributed by atoms with Crippen LogP contribution in [0, 0.1) is 6.92 Å². The first kappa shape index (κ1) is 59.3. The fourth-order valence-electron chi connectivity index (χ4n) is 8.26. The van der Waals surface area contributed by atoms with Crippen molar-refractivity contribution >= 4 is 58.2 Å². The maximum Gasteiger partial charge on any atom is 0.315 e. The van der Waals surface area contributed by atoms with E-state index in [4.69, 9.17) is 34.2 Å². The fraction of sp³-hybridized carbons (Fsp3) is 0.667. The zero-order chi connectivity index (χ0) is 50.7. The molecule has 2 heterocycles. The van der Waals surface area contributed by atoms with Crippen LogP contribution in [0.25, 0.3) is 0 Å². The van der Waals surface area contributed by atoms with E-state index in [9.17, 15) is 28.8 Å². The van der Waals surface area contributed by atoms with E-state index in [1.165, 1.54) is 0 Å². The number of rotatable bonds is 44. The molecule has 2 unspecified atom stereocenters. The molecule has 2 aromatic carbocycles. The summed E-state index contributed by atoms with van der Waals surface area (Å²) in [6, 6.07) is 12.5. The number of benzene rings is 2. The van der Waals surface area contributed by atoms with Crippen molar-refractivity contribution in [2.75, 3.05) is 96.1 Å². The van der Waals surface area contributed by atoms with Gasteiger partial charge in [-0.15, -0.1) is 0 Å². The van der Waals surface area contributed by atoms with E-state index < -0.39 is 0 Å². The normalized spacial score (nSPS) is 16.1. The number of Topliss-reactive ketones (excluding diaryl/α,β-unsaturated/α-hetero) is 4. The molecular weight excluding hydrogens is 929 g/mol. The van der Waals surface area contributed by atoms with E-state index >= 15 is 0 Å². The Morgan fingerprint density at radius 1 is 0.549 bits per heavy atom. The second-order valence-corrected chi connectivity index (χ2v) is 19.7. The SMILES string of the molecule is Cc1ccc(NC(=O)c2ccc(C(=O)CCCCOCCOCCOCCCCC(=O)CCCC(=O)CCCCOCCOCCOCCCCC(=O)CCCC[C@@H]3SCC4NC(=O)NC43)cc2)c(N)c1. The van der Waals surface area contributed by atoms with Gasteiger partial charge in [0.1, 0.15) is 17.3 Å². The molecule has 0 spiro atoms. The standard InChI is InChI=1S/C54H82N4O12S/c1-41-21-26-48(47(55)39-41)56-53(63)43-24-22-42(23-25-43)50(62)19-7-11-30-68-34-38-70-37-33-67-29-10-6-16-46(61)18-12-17-45(60)15-5-9-28-66-32-36-69-35-31-65-27-8-4-14-44(59)13-2-3-20-51-52-49(40-71-51)57-54(64)58-52/h21-26,39,49,51-52H,2-20,27-38,40,55H2,1H3,(H,56,63)(H2,57,58,64)/t49?,51-,52?/m0/s1. The lowest BCUT2D eigenvalue weighted by atomic mass is 10.0. The quantitative estimate of drug-likeness (QED) is 0.0212. The monoisotopic (exact) mass is 1010 g/mol. The summed E-state index contributed by atoms with van der Waals surface area (Å²) in [7, 11) is 0. The van der Waals surface area contributed by atoms with Gasteiger partial charge >= 0.3 is 6.03 Å². The molecule has 3 amide bonds. The van der Waals surface area contributed by atoms with Crippen molar-refractivity contribution in [3.05, 3.63) is 59.2 Å². The van der Waals surface area contributed by atoms with Gasteiger partial charge in [0.05, 0.1) is 76.3 Å². The van der Waals surface area contributed by atoms with E-state index in [1.54, 1.807) is 36.4 Å². The zero-order valence-electron chi connectivity index (χ0n) is 42.3. The highest BCUT2D eigenvalue weighted by atomic mass is 32.2. The summed E-state index contributed by atoms with van der Waals surface area (Å²) in [6.07, 6.45) is 13.4. The number of fused-ring (bicyclic) bond motifs is 1. The number of thioether (sulfide) groups is 1. The molecule has 2 aliphatic heterocycles. The van der Waals surface area contributed by atoms with E-state index in [0.717, 1.165) is 75.5 Å². The Labute approximate surface area is 426 Å². The van der Waals surface area contributed by atoms with Crippen LogP contribution >= 0.6 is 11.8 Å². The van der Waals surface area contributed by atoms with E-state index in [1.807, 2.05) is 24.8 Å². The highest BCUT2D eigenvalue weighted by molar-refractivity contribution is 8.00. The topological polar surface area (TPSA) is 220 Å². The third-order valence-electron chi connectivity index (χ3n) is 12.4. The number of aryl methyl sites for hydroxylation is 1. The third-order valence-corrected chi connectivity index (χ3v) is 13.9. The largest absolute Gasteiger partial charge is 0.397 e. The van der Waals surface area contributed by atoms with Crippen molar-refractivity contribution in [2.45, 2.75) is 146 Å². The number of ether oxygens (including phenoxy) is 6. The van der Waals surface area contributed by atoms with Crippen LogP contribution in [-0.4, -0.2) is 137 Å². The van der Waals surface area contributed by atoms with Crippen LogP contribution in [0.4, 0.5) is 16.2 Å². The Hall–Kier alpha value is -4.23. The number of carbonyl (C=O) groups excluding carboxylic acids is 6. The molecule has 16 nitrogen and oxygen atoms in total. The molecular formula is C54H82N4O12S. The number of nitrogen functional groups attached to an aromatic ring is 1. The van der Waals surface area contributed by atoms with Crippen molar-refractivity contribution in [2.24, 2.45) is 0 Å². The first-order valence-electron chi connectivity index (χ1n) is 26.1. The van der Waals surface area contributed by atoms with Crippen molar-refractivity contribution < 1.29 is 57.2 Å². The summed E-state index contributed by atoms with van der Waals surface area (Å²) >= 11 is 1.92. The van der Waals surface area contributed by atoms with Gasteiger partial charge < -0.3 is 50.1 Å². The molecule has 2 saturated heterocycles. The predicted octanol–water partition coefficient (Wildman–Crippen LogP) is 8.40. The molecule has 4 rings (SSSR count).